The van der Waals surface area contributed by atoms with Gasteiger partial charge in [-0.05, 0) is 57.2 Å². The number of nitrogens with one attached hydrogen (secondary N) is 1. The first-order valence-corrected chi connectivity index (χ1v) is 14.8. The molecular formula is C28H32N6O2S2. The molecule has 0 saturated carbocycles. The number of aromatic nitrogens is 4. The van der Waals surface area contributed by atoms with Crippen molar-refractivity contribution in [1.29, 1.82) is 0 Å². The number of thioether (sulfide) groups is 1. The van der Waals surface area contributed by atoms with Crippen molar-refractivity contribution in [2.24, 2.45) is 0 Å². The van der Waals surface area contributed by atoms with Crippen LogP contribution in [0, 0.1) is 0 Å². The van der Waals surface area contributed by atoms with Crippen molar-refractivity contribution < 1.29 is 9.47 Å². The van der Waals surface area contributed by atoms with Crippen LogP contribution in [0.25, 0.3) is 22.4 Å². The van der Waals surface area contributed by atoms with Crippen LogP contribution in [0.2, 0.25) is 0 Å². The number of anilines is 2. The molecule has 1 saturated heterocycles. The monoisotopic (exact) mass is 548 g/mol. The number of benzene rings is 1. The number of fused-ring (bicyclic) bond motifs is 4. The second kappa shape index (κ2) is 9.98. The van der Waals surface area contributed by atoms with Gasteiger partial charge in [-0.3, -0.25) is 3.97 Å². The van der Waals surface area contributed by atoms with E-state index in [1.807, 2.05) is 31.4 Å². The van der Waals surface area contributed by atoms with Crippen LogP contribution >= 0.6 is 23.7 Å². The molecule has 1 unspecified atom stereocenters. The summed E-state index contributed by atoms with van der Waals surface area (Å²) in [7, 11) is 1.91. The molecule has 10 heteroatoms. The minimum atomic E-state index is -0.273. The molecule has 3 aromatic heterocycles. The van der Waals surface area contributed by atoms with Gasteiger partial charge >= 0.3 is 0 Å². The molecule has 1 N–H and O–H groups in total. The van der Waals surface area contributed by atoms with Crippen molar-refractivity contribution in [3.63, 3.8) is 0 Å². The maximum absolute atomic E-state index is 6.37. The van der Waals surface area contributed by atoms with E-state index in [-0.39, 0.29) is 16.8 Å². The molecule has 4 aromatic rings. The highest BCUT2D eigenvalue weighted by Gasteiger charge is 2.40. The molecule has 198 valence electrons. The van der Waals surface area contributed by atoms with Crippen molar-refractivity contribution in [3.05, 3.63) is 54.5 Å². The van der Waals surface area contributed by atoms with Gasteiger partial charge in [-0.15, -0.1) is 0 Å². The number of hydrogen-bond acceptors (Lipinski definition) is 9. The van der Waals surface area contributed by atoms with Gasteiger partial charge < -0.3 is 19.7 Å². The summed E-state index contributed by atoms with van der Waals surface area (Å²) in [6, 6.07) is 12.7. The van der Waals surface area contributed by atoms with Crippen LogP contribution in [-0.4, -0.2) is 64.1 Å². The molecule has 5 heterocycles. The average Bonchev–Trinajstić information content (AvgIpc) is 3.34. The van der Waals surface area contributed by atoms with Gasteiger partial charge in [0.25, 0.3) is 0 Å². The van der Waals surface area contributed by atoms with Crippen LogP contribution in [0.3, 0.4) is 0 Å². The minimum absolute atomic E-state index is 0.129. The Bertz CT molecular complexity index is 1480. The highest BCUT2D eigenvalue weighted by molar-refractivity contribution is 7.99. The molecule has 0 bridgehead atoms. The zero-order valence-electron chi connectivity index (χ0n) is 22.3. The molecule has 2 aliphatic heterocycles. The van der Waals surface area contributed by atoms with E-state index >= 15 is 0 Å². The van der Waals surface area contributed by atoms with E-state index < -0.39 is 0 Å². The lowest BCUT2D eigenvalue weighted by molar-refractivity contribution is 0.0482. The Morgan fingerprint density at radius 1 is 1.08 bits per heavy atom. The van der Waals surface area contributed by atoms with Crippen LogP contribution in [0.5, 0.6) is 5.75 Å². The third kappa shape index (κ3) is 4.28. The Labute approximate surface area is 231 Å². The first-order valence-electron chi connectivity index (χ1n) is 12.8. The molecule has 38 heavy (non-hydrogen) atoms. The molecule has 2 atom stereocenters. The first-order chi connectivity index (χ1) is 18.4. The fourth-order valence-corrected chi connectivity index (χ4v) is 6.30. The van der Waals surface area contributed by atoms with E-state index in [1.54, 1.807) is 23.7 Å². The molecule has 1 aromatic carbocycles. The molecular weight excluding hydrogens is 516 g/mol. The predicted molar refractivity (Wildman–Crippen MR) is 157 cm³/mol. The number of hydrogen-bond donors (Lipinski definition) is 1. The largest absolute Gasteiger partial charge is 0.486 e. The summed E-state index contributed by atoms with van der Waals surface area (Å²) in [6.45, 7) is 8.43. The van der Waals surface area contributed by atoms with Gasteiger partial charge in [0.1, 0.15) is 12.3 Å². The molecule has 8 nitrogen and oxygen atoms in total. The maximum atomic E-state index is 6.37. The third-order valence-corrected chi connectivity index (χ3v) is 9.44. The molecule has 0 radical (unpaired) electrons. The second-order valence-electron chi connectivity index (χ2n) is 10.1. The number of ether oxygens (including phenoxy) is 2. The molecule has 0 amide bonds. The predicted octanol–water partition coefficient (Wildman–Crippen LogP) is 5.67. The summed E-state index contributed by atoms with van der Waals surface area (Å²) in [5.74, 6) is 2.30. The average molecular weight is 549 g/mol. The summed E-state index contributed by atoms with van der Waals surface area (Å²) < 4.78 is 14.1. The van der Waals surface area contributed by atoms with Crippen LogP contribution in [-0.2, 0) is 9.48 Å². The van der Waals surface area contributed by atoms with E-state index in [1.165, 1.54) is 0 Å². The van der Waals surface area contributed by atoms with Gasteiger partial charge in [0.15, 0.2) is 23.0 Å². The van der Waals surface area contributed by atoms with E-state index in [4.69, 9.17) is 24.4 Å². The molecule has 0 spiro atoms. The Hall–Kier alpha value is -2.95. The van der Waals surface area contributed by atoms with Crippen molar-refractivity contribution in [2.75, 3.05) is 43.3 Å². The van der Waals surface area contributed by atoms with Crippen molar-refractivity contribution in [1.82, 2.24) is 18.9 Å². The molecule has 6 rings (SSSR count). The van der Waals surface area contributed by atoms with E-state index in [9.17, 15) is 0 Å². The highest BCUT2D eigenvalue weighted by Crippen LogP contribution is 2.47. The summed E-state index contributed by atoms with van der Waals surface area (Å²) in [6.07, 6.45) is 6.05. The zero-order valence-corrected chi connectivity index (χ0v) is 23.9. The molecule has 2 aliphatic rings. The fraction of sp³-hybridized carbons (Fsp3) is 0.393. The van der Waals surface area contributed by atoms with Gasteiger partial charge in [0, 0.05) is 23.5 Å². The smallest absolute Gasteiger partial charge is 0.184 e. The quantitative estimate of drug-likeness (QED) is 0.328. The first kappa shape index (κ1) is 25.3. The number of rotatable bonds is 6. The lowest BCUT2D eigenvalue weighted by atomic mass is 10.0. The van der Waals surface area contributed by atoms with Crippen molar-refractivity contribution in [2.45, 2.75) is 42.5 Å². The van der Waals surface area contributed by atoms with Crippen molar-refractivity contribution in [3.8, 4) is 17.1 Å². The van der Waals surface area contributed by atoms with Gasteiger partial charge in [-0.2, -0.15) is 11.8 Å². The highest BCUT2D eigenvalue weighted by atomic mass is 32.2. The maximum Gasteiger partial charge on any atom is 0.184 e. The second-order valence-corrected chi connectivity index (χ2v) is 12.6. The topological polar surface area (TPSA) is 77.3 Å². The van der Waals surface area contributed by atoms with Gasteiger partial charge in [-0.25, -0.2) is 15.0 Å². The number of nitrogens with zero attached hydrogens (tertiary/aromatic N) is 5. The fourth-order valence-electron chi connectivity index (χ4n) is 5.11. The Kier molecular flexibility index (Phi) is 6.65. The van der Waals surface area contributed by atoms with Gasteiger partial charge in [-0.1, -0.05) is 18.2 Å². The summed E-state index contributed by atoms with van der Waals surface area (Å²) >= 11 is 3.39. The van der Waals surface area contributed by atoms with Crippen LogP contribution in [0.15, 0.2) is 53.7 Å². The third-order valence-electron chi connectivity index (χ3n) is 7.25. The van der Waals surface area contributed by atoms with Gasteiger partial charge in [0.2, 0.25) is 0 Å². The Morgan fingerprint density at radius 3 is 2.66 bits per heavy atom. The Morgan fingerprint density at radius 2 is 1.89 bits per heavy atom. The van der Waals surface area contributed by atoms with Crippen LogP contribution in [0.1, 0.15) is 26.5 Å². The minimum Gasteiger partial charge on any atom is -0.486 e. The number of pyridine rings is 1. The lowest BCUT2D eigenvalue weighted by Gasteiger charge is -2.45. The molecule has 1 fully saturated rings. The summed E-state index contributed by atoms with van der Waals surface area (Å²) in [4.78, 5) is 18.8. The van der Waals surface area contributed by atoms with Crippen LogP contribution < -0.4 is 15.0 Å². The lowest BCUT2D eigenvalue weighted by Crippen LogP contribution is -2.56. The van der Waals surface area contributed by atoms with E-state index in [2.05, 4.69) is 65.6 Å². The molecule has 0 aliphatic carbocycles. The summed E-state index contributed by atoms with van der Waals surface area (Å²) in [5, 5.41) is 4.33. The van der Waals surface area contributed by atoms with Crippen LogP contribution in [0.4, 0.5) is 11.5 Å². The van der Waals surface area contributed by atoms with E-state index in [0.29, 0.717) is 25.6 Å². The summed E-state index contributed by atoms with van der Waals surface area (Å²) in [5.41, 5.74) is 3.60. The standard InChI is InChI=1S/C28H32N6O2S2/c1-17-14-35-15-18-16-36-23-24(28(2,3)37-5)31-25(32-27(23)34(17)18)22-20-11-12-33(26(20)30-13-21(22)29-4)38-19-9-7-6-8-10-19/h6-13,17-18,29H,14-16H2,1-5H3/t17-,18?/m0/s1. The SMILES string of the molecule is CNc1cnc2c(ccn2Sc2ccccc2)c1-c1nc2c(c(C(C)(C)SC)n1)OCC1COC[C@H](C)N21. The normalized spacial score (nSPS) is 19.1. The van der Waals surface area contributed by atoms with Gasteiger partial charge in [0.05, 0.1) is 47.5 Å². The number of morpholine rings is 1. The van der Waals surface area contributed by atoms with E-state index in [0.717, 1.165) is 44.4 Å². The Balaban J connectivity index is 1.56. The zero-order chi connectivity index (χ0) is 26.4. The van der Waals surface area contributed by atoms with Crippen molar-refractivity contribution >= 4 is 46.2 Å².